The Morgan fingerprint density at radius 3 is 2.50 bits per heavy atom. The van der Waals surface area contributed by atoms with E-state index in [4.69, 9.17) is 0 Å². The van der Waals surface area contributed by atoms with Crippen molar-refractivity contribution >= 4 is 17.7 Å². The molecule has 0 bridgehead atoms. The van der Waals surface area contributed by atoms with E-state index in [2.05, 4.69) is 34.3 Å². The molecule has 2 fully saturated rings. The summed E-state index contributed by atoms with van der Waals surface area (Å²) in [5, 5.41) is 12.8. The van der Waals surface area contributed by atoms with E-state index in [1.807, 2.05) is 4.68 Å². The van der Waals surface area contributed by atoms with Crippen LogP contribution in [0.1, 0.15) is 64.8 Å². The maximum atomic E-state index is 12.6. The van der Waals surface area contributed by atoms with Gasteiger partial charge in [-0.05, 0) is 56.4 Å². The van der Waals surface area contributed by atoms with Crippen LogP contribution >= 0.6 is 11.8 Å². The van der Waals surface area contributed by atoms with Crippen molar-refractivity contribution < 1.29 is 4.79 Å². The van der Waals surface area contributed by atoms with Crippen molar-refractivity contribution in [1.29, 1.82) is 0 Å². The predicted octanol–water partition coefficient (Wildman–Crippen LogP) is 2.67. The van der Waals surface area contributed by atoms with Crippen molar-refractivity contribution in [2.24, 2.45) is 0 Å². The molecule has 0 N–H and O–H groups in total. The zero-order chi connectivity index (χ0) is 15.5. The van der Waals surface area contributed by atoms with Crippen LogP contribution in [0.2, 0.25) is 0 Å². The van der Waals surface area contributed by atoms with E-state index in [9.17, 15) is 4.79 Å². The highest BCUT2D eigenvalue weighted by Crippen LogP contribution is 2.31. The van der Waals surface area contributed by atoms with Crippen LogP contribution in [0.25, 0.3) is 0 Å². The van der Waals surface area contributed by atoms with Crippen molar-refractivity contribution in [3.8, 4) is 0 Å². The highest BCUT2D eigenvalue weighted by atomic mass is 32.2. The van der Waals surface area contributed by atoms with Crippen LogP contribution in [0.5, 0.6) is 0 Å². The second-order valence-electron chi connectivity index (χ2n) is 6.56. The molecule has 2 atom stereocenters. The molecule has 2 aliphatic rings. The summed E-state index contributed by atoms with van der Waals surface area (Å²) in [5.74, 6) is 0.646. The second kappa shape index (κ2) is 6.98. The van der Waals surface area contributed by atoms with Gasteiger partial charge in [0.2, 0.25) is 11.1 Å². The molecule has 122 valence electrons. The van der Waals surface area contributed by atoms with Crippen molar-refractivity contribution in [2.75, 3.05) is 5.75 Å². The minimum atomic E-state index is 0.214. The number of tetrazole rings is 1. The Morgan fingerprint density at radius 2 is 1.82 bits per heavy atom. The lowest BCUT2D eigenvalue weighted by molar-refractivity contribution is -0.134. The van der Waals surface area contributed by atoms with Crippen molar-refractivity contribution in [2.45, 2.75) is 82.1 Å². The van der Waals surface area contributed by atoms with Crippen LogP contribution in [0, 0.1) is 0 Å². The van der Waals surface area contributed by atoms with E-state index >= 15 is 0 Å². The van der Waals surface area contributed by atoms with Gasteiger partial charge >= 0.3 is 0 Å². The normalized spacial score (nSPS) is 26.5. The van der Waals surface area contributed by atoms with Crippen LogP contribution in [-0.2, 0) is 4.79 Å². The summed E-state index contributed by atoms with van der Waals surface area (Å²) in [6, 6.07) is 1.12. The summed E-state index contributed by atoms with van der Waals surface area (Å²) in [6.07, 6.45) is 8.23. The van der Waals surface area contributed by atoms with Gasteiger partial charge in [-0.3, -0.25) is 4.79 Å². The van der Waals surface area contributed by atoms with E-state index in [0.29, 0.717) is 23.9 Å². The molecule has 0 unspecified atom stereocenters. The second-order valence-corrected chi connectivity index (χ2v) is 7.51. The summed E-state index contributed by atoms with van der Waals surface area (Å²) >= 11 is 1.48. The lowest BCUT2D eigenvalue weighted by atomic mass is 9.98. The van der Waals surface area contributed by atoms with Crippen molar-refractivity contribution in [3.63, 3.8) is 0 Å². The van der Waals surface area contributed by atoms with E-state index in [0.717, 1.165) is 30.8 Å². The molecule has 1 aliphatic heterocycles. The molecule has 0 aromatic carbocycles. The minimum Gasteiger partial charge on any atom is -0.337 e. The van der Waals surface area contributed by atoms with Crippen molar-refractivity contribution in [1.82, 2.24) is 25.1 Å². The van der Waals surface area contributed by atoms with Gasteiger partial charge in [0, 0.05) is 12.1 Å². The third-order valence-corrected chi connectivity index (χ3v) is 5.86. The molecule has 0 radical (unpaired) electrons. The summed E-state index contributed by atoms with van der Waals surface area (Å²) in [7, 11) is 0. The minimum absolute atomic E-state index is 0.214. The quantitative estimate of drug-likeness (QED) is 0.797. The average molecular weight is 323 g/mol. The Labute approximate surface area is 136 Å². The van der Waals surface area contributed by atoms with E-state index < -0.39 is 0 Å². The Bertz CT molecular complexity index is 504. The molecule has 22 heavy (non-hydrogen) atoms. The smallest absolute Gasteiger partial charge is 0.233 e. The van der Waals surface area contributed by atoms with Gasteiger partial charge in [-0.2, -0.15) is 0 Å². The number of piperidine rings is 1. The number of carbonyl (C=O) groups is 1. The molecule has 0 spiro atoms. The Hall–Kier alpha value is -1.11. The number of hydrogen-bond acceptors (Lipinski definition) is 5. The average Bonchev–Trinajstić information content (AvgIpc) is 3.15. The lowest BCUT2D eigenvalue weighted by Crippen LogP contribution is -2.48. The summed E-state index contributed by atoms with van der Waals surface area (Å²) < 4.78 is 1.92. The largest absolute Gasteiger partial charge is 0.337 e. The molecule has 1 aliphatic carbocycles. The molecule has 2 heterocycles. The molecular weight excluding hydrogens is 298 g/mol. The van der Waals surface area contributed by atoms with Crippen molar-refractivity contribution in [3.05, 3.63) is 0 Å². The van der Waals surface area contributed by atoms with Gasteiger partial charge in [0.1, 0.15) is 0 Å². The third-order valence-electron chi connectivity index (χ3n) is 4.94. The Morgan fingerprint density at radius 1 is 1.14 bits per heavy atom. The maximum Gasteiger partial charge on any atom is 0.233 e. The summed E-state index contributed by atoms with van der Waals surface area (Å²) in [4.78, 5) is 14.6. The number of thioether (sulfide) groups is 1. The van der Waals surface area contributed by atoms with E-state index in [1.54, 1.807) is 0 Å². The monoisotopic (exact) mass is 323 g/mol. The molecular formula is C15H25N5OS. The van der Waals surface area contributed by atoms with Crippen LogP contribution < -0.4 is 0 Å². The first-order valence-corrected chi connectivity index (χ1v) is 9.37. The first-order chi connectivity index (χ1) is 10.7. The van der Waals surface area contributed by atoms with Gasteiger partial charge in [0.15, 0.2) is 0 Å². The zero-order valence-electron chi connectivity index (χ0n) is 13.4. The number of amides is 1. The fourth-order valence-corrected chi connectivity index (χ4v) is 4.59. The molecule has 1 saturated heterocycles. The first-order valence-electron chi connectivity index (χ1n) is 8.38. The predicted molar refractivity (Wildman–Crippen MR) is 85.7 cm³/mol. The summed E-state index contributed by atoms with van der Waals surface area (Å²) in [6.45, 7) is 4.31. The topological polar surface area (TPSA) is 63.9 Å². The highest BCUT2D eigenvalue weighted by molar-refractivity contribution is 7.99. The van der Waals surface area contributed by atoms with Crippen LogP contribution in [0.15, 0.2) is 5.16 Å². The Kier molecular flexibility index (Phi) is 5.00. The lowest BCUT2D eigenvalue weighted by Gasteiger charge is -2.39. The van der Waals surface area contributed by atoms with E-state index in [1.165, 1.54) is 31.0 Å². The molecule has 7 heteroatoms. The molecule has 1 aromatic rings. The molecule has 1 amide bonds. The van der Waals surface area contributed by atoms with Gasteiger partial charge in [0.05, 0.1) is 11.8 Å². The molecule has 1 aromatic heterocycles. The summed E-state index contributed by atoms with van der Waals surface area (Å²) in [5.41, 5.74) is 0. The fourth-order valence-electron chi connectivity index (χ4n) is 3.77. The Balaban J connectivity index is 1.60. The number of likely N-dealkylation sites (tertiary alicyclic amines) is 1. The molecule has 3 rings (SSSR count). The van der Waals surface area contributed by atoms with Gasteiger partial charge in [-0.1, -0.05) is 24.6 Å². The molecule has 1 saturated carbocycles. The van der Waals surface area contributed by atoms with Gasteiger partial charge in [0.25, 0.3) is 0 Å². The van der Waals surface area contributed by atoms with Gasteiger partial charge in [-0.15, -0.1) is 5.10 Å². The SMILES string of the molecule is C[C@H]1CCC[C@H](C)N1C(=O)CSc1nnnn1C1CCCC1. The third kappa shape index (κ3) is 3.29. The van der Waals surface area contributed by atoms with Crippen LogP contribution in [0.4, 0.5) is 0 Å². The maximum absolute atomic E-state index is 12.6. The van der Waals surface area contributed by atoms with Gasteiger partial charge < -0.3 is 4.90 Å². The number of nitrogens with zero attached hydrogens (tertiary/aromatic N) is 5. The number of aromatic nitrogens is 4. The number of hydrogen-bond donors (Lipinski definition) is 0. The number of carbonyl (C=O) groups excluding carboxylic acids is 1. The zero-order valence-corrected chi connectivity index (χ0v) is 14.3. The van der Waals surface area contributed by atoms with Gasteiger partial charge in [-0.25, -0.2) is 4.68 Å². The highest BCUT2D eigenvalue weighted by Gasteiger charge is 2.29. The first kappa shape index (κ1) is 15.8. The molecule has 6 nitrogen and oxygen atoms in total. The van der Waals surface area contributed by atoms with E-state index in [-0.39, 0.29) is 5.91 Å². The number of rotatable bonds is 4. The fraction of sp³-hybridized carbons (Fsp3) is 0.867. The standard InChI is InChI=1S/C15H25N5OS/c1-11-6-5-7-12(2)19(11)14(21)10-22-15-16-17-18-20(15)13-8-3-4-9-13/h11-13H,3-10H2,1-2H3/t11-,12-/m0/s1. The van der Waals surface area contributed by atoms with Crippen LogP contribution in [0.3, 0.4) is 0 Å². The van der Waals surface area contributed by atoms with Crippen LogP contribution in [-0.4, -0.2) is 48.9 Å².